The monoisotopic (exact) mass is 450 g/mol. The van der Waals surface area contributed by atoms with E-state index in [0.29, 0.717) is 22.9 Å². The van der Waals surface area contributed by atoms with Crippen molar-refractivity contribution < 1.29 is 18.7 Å². The topological polar surface area (TPSA) is 51.1 Å². The number of benzene rings is 3. The summed E-state index contributed by atoms with van der Waals surface area (Å²) < 4.78 is 24.6. The molecule has 1 atom stereocenters. The number of aliphatic imine (C=N–C) groups is 1. The average Bonchev–Trinajstić information content (AvgIpc) is 3.07. The van der Waals surface area contributed by atoms with Crippen molar-refractivity contribution in [1.82, 2.24) is 4.90 Å². The lowest BCUT2D eigenvalue weighted by atomic mass is 10.1. The fourth-order valence-corrected chi connectivity index (χ4v) is 4.47. The van der Waals surface area contributed by atoms with E-state index in [2.05, 4.69) is 4.99 Å². The van der Waals surface area contributed by atoms with Crippen LogP contribution in [0.1, 0.15) is 11.1 Å². The third kappa shape index (κ3) is 5.11. The molecule has 32 heavy (non-hydrogen) atoms. The van der Waals surface area contributed by atoms with E-state index in [1.807, 2.05) is 48.5 Å². The summed E-state index contributed by atoms with van der Waals surface area (Å²) in [5.74, 6) is 1.16. The molecule has 0 bridgehead atoms. The number of rotatable bonds is 7. The molecular formula is C25H23FN2O3S. The second kappa shape index (κ2) is 9.87. The highest BCUT2D eigenvalue weighted by Crippen LogP contribution is 2.31. The summed E-state index contributed by atoms with van der Waals surface area (Å²) in [4.78, 5) is 18.9. The van der Waals surface area contributed by atoms with Crippen LogP contribution in [0, 0.1) is 5.82 Å². The summed E-state index contributed by atoms with van der Waals surface area (Å²) >= 11 is 1.46. The van der Waals surface area contributed by atoms with Crippen molar-refractivity contribution >= 4 is 28.5 Å². The first-order chi connectivity index (χ1) is 15.5. The Labute approximate surface area is 190 Å². The van der Waals surface area contributed by atoms with Gasteiger partial charge in [0.05, 0.1) is 18.0 Å². The van der Waals surface area contributed by atoms with Crippen molar-refractivity contribution in [2.45, 2.75) is 18.3 Å². The highest BCUT2D eigenvalue weighted by molar-refractivity contribution is 8.15. The van der Waals surface area contributed by atoms with E-state index in [0.717, 1.165) is 17.0 Å². The Morgan fingerprint density at radius 3 is 2.38 bits per heavy atom. The van der Waals surface area contributed by atoms with Gasteiger partial charge >= 0.3 is 0 Å². The van der Waals surface area contributed by atoms with Crippen molar-refractivity contribution in [1.29, 1.82) is 0 Å². The minimum Gasteiger partial charge on any atom is -0.497 e. The molecule has 1 fully saturated rings. The fraction of sp³-hybridized carbons (Fsp3) is 0.200. The lowest BCUT2D eigenvalue weighted by Gasteiger charge is -2.10. The molecule has 1 heterocycles. The SMILES string of the molecule is COc1ccc(N=C2S[C@@H](Cc3ccc(OCc4ccccc4F)cc3)C(=O)N2C)cc1. The molecule has 1 aliphatic heterocycles. The predicted molar refractivity (Wildman–Crippen MR) is 125 cm³/mol. The van der Waals surface area contributed by atoms with Crippen LogP contribution in [-0.2, 0) is 17.8 Å². The maximum atomic E-state index is 13.7. The molecule has 1 aliphatic rings. The Morgan fingerprint density at radius 2 is 1.69 bits per heavy atom. The van der Waals surface area contributed by atoms with Crippen molar-refractivity contribution in [2.24, 2.45) is 4.99 Å². The number of hydrogen-bond acceptors (Lipinski definition) is 5. The standard InChI is InChI=1S/C25H23FN2O3S/c1-28-24(29)23(32-25(28)27-19-9-13-20(30-2)14-10-19)15-17-7-11-21(12-8-17)31-16-18-5-3-4-6-22(18)26/h3-14,23H,15-16H2,1-2H3/t23-/m0/s1. The van der Waals surface area contributed by atoms with Gasteiger partial charge in [-0.15, -0.1) is 0 Å². The number of hydrogen-bond donors (Lipinski definition) is 0. The molecule has 3 aromatic rings. The Balaban J connectivity index is 1.37. The van der Waals surface area contributed by atoms with Gasteiger partial charge in [0, 0.05) is 12.6 Å². The molecule has 3 aromatic carbocycles. The first kappa shape index (κ1) is 21.9. The van der Waals surface area contributed by atoms with E-state index in [4.69, 9.17) is 9.47 Å². The number of thioether (sulfide) groups is 1. The minimum atomic E-state index is -0.280. The van der Waals surface area contributed by atoms with Gasteiger partial charge in [-0.2, -0.15) is 0 Å². The summed E-state index contributed by atoms with van der Waals surface area (Å²) in [5, 5.41) is 0.442. The van der Waals surface area contributed by atoms with Gasteiger partial charge in [0.2, 0.25) is 5.91 Å². The molecule has 0 unspecified atom stereocenters. The van der Waals surface area contributed by atoms with Gasteiger partial charge in [-0.05, 0) is 54.4 Å². The van der Waals surface area contributed by atoms with Gasteiger partial charge in [0.15, 0.2) is 5.17 Å². The van der Waals surface area contributed by atoms with Crippen molar-refractivity contribution in [3.8, 4) is 11.5 Å². The van der Waals surface area contributed by atoms with Gasteiger partial charge in [-0.25, -0.2) is 9.38 Å². The molecule has 1 saturated heterocycles. The summed E-state index contributed by atoms with van der Waals surface area (Å²) in [7, 11) is 3.36. The Kier molecular flexibility index (Phi) is 6.75. The van der Waals surface area contributed by atoms with Crippen LogP contribution in [0.4, 0.5) is 10.1 Å². The second-order valence-corrected chi connectivity index (χ2v) is 8.49. The highest BCUT2D eigenvalue weighted by atomic mass is 32.2. The number of ether oxygens (including phenoxy) is 2. The van der Waals surface area contributed by atoms with Crippen molar-refractivity contribution in [3.63, 3.8) is 0 Å². The number of nitrogens with zero attached hydrogens (tertiary/aromatic N) is 2. The Bertz CT molecular complexity index is 1120. The van der Waals surface area contributed by atoms with Crippen molar-refractivity contribution in [3.05, 3.63) is 89.7 Å². The number of carbonyl (C=O) groups excluding carboxylic acids is 1. The van der Waals surface area contributed by atoms with E-state index >= 15 is 0 Å². The highest BCUT2D eigenvalue weighted by Gasteiger charge is 2.35. The maximum Gasteiger partial charge on any atom is 0.242 e. The number of amides is 1. The van der Waals surface area contributed by atoms with Crippen molar-refractivity contribution in [2.75, 3.05) is 14.2 Å². The summed E-state index contributed by atoms with van der Waals surface area (Å²) in [6, 6.07) is 21.5. The third-order valence-electron chi connectivity index (χ3n) is 5.13. The van der Waals surface area contributed by atoms with Gasteiger partial charge in [-0.1, -0.05) is 42.1 Å². The van der Waals surface area contributed by atoms with Crippen LogP contribution in [0.2, 0.25) is 0 Å². The van der Waals surface area contributed by atoms with E-state index in [9.17, 15) is 9.18 Å². The molecule has 0 N–H and O–H groups in total. The summed E-state index contributed by atoms with van der Waals surface area (Å²) in [5.41, 5.74) is 2.30. The zero-order valence-electron chi connectivity index (χ0n) is 17.8. The molecule has 7 heteroatoms. The maximum absolute atomic E-state index is 13.7. The Hall–Kier alpha value is -3.32. The van der Waals surface area contributed by atoms with Crippen LogP contribution in [0.3, 0.4) is 0 Å². The smallest absolute Gasteiger partial charge is 0.242 e. The molecule has 0 saturated carbocycles. The van der Waals surface area contributed by atoms with Gasteiger partial charge < -0.3 is 9.47 Å². The lowest BCUT2D eigenvalue weighted by molar-refractivity contribution is -0.125. The number of halogens is 1. The van der Waals surface area contributed by atoms with Crippen LogP contribution in [0.25, 0.3) is 0 Å². The van der Waals surface area contributed by atoms with Crippen LogP contribution < -0.4 is 9.47 Å². The normalized spacial score (nSPS) is 17.1. The second-order valence-electron chi connectivity index (χ2n) is 7.32. The van der Waals surface area contributed by atoms with Gasteiger partial charge in [-0.3, -0.25) is 9.69 Å². The number of amidine groups is 1. The predicted octanol–water partition coefficient (Wildman–Crippen LogP) is 5.22. The van der Waals surface area contributed by atoms with Gasteiger partial charge in [0.25, 0.3) is 0 Å². The average molecular weight is 451 g/mol. The molecule has 0 spiro atoms. The first-order valence-electron chi connectivity index (χ1n) is 10.2. The van der Waals surface area contributed by atoms with Crippen LogP contribution >= 0.6 is 11.8 Å². The lowest BCUT2D eigenvalue weighted by Crippen LogP contribution is -2.28. The molecule has 4 rings (SSSR count). The van der Waals surface area contributed by atoms with Crippen LogP contribution in [-0.4, -0.2) is 35.4 Å². The minimum absolute atomic E-state index is 0.0298. The quantitative estimate of drug-likeness (QED) is 0.495. The van der Waals surface area contributed by atoms with E-state index in [1.54, 1.807) is 37.3 Å². The zero-order chi connectivity index (χ0) is 22.5. The summed E-state index contributed by atoms with van der Waals surface area (Å²) in [6.45, 7) is 0.166. The first-order valence-corrected chi connectivity index (χ1v) is 11.0. The molecular weight excluding hydrogens is 427 g/mol. The van der Waals surface area contributed by atoms with E-state index in [-0.39, 0.29) is 23.6 Å². The molecule has 164 valence electrons. The van der Waals surface area contributed by atoms with Crippen LogP contribution in [0.5, 0.6) is 11.5 Å². The summed E-state index contributed by atoms with van der Waals surface area (Å²) in [6.07, 6.45) is 0.586. The van der Waals surface area contributed by atoms with E-state index < -0.39 is 0 Å². The molecule has 0 aromatic heterocycles. The number of carbonyl (C=O) groups is 1. The zero-order valence-corrected chi connectivity index (χ0v) is 18.6. The largest absolute Gasteiger partial charge is 0.497 e. The third-order valence-corrected chi connectivity index (χ3v) is 6.36. The molecule has 0 aliphatic carbocycles. The van der Waals surface area contributed by atoms with Crippen LogP contribution in [0.15, 0.2) is 77.8 Å². The molecule has 1 amide bonds. The molecule has 5 nitrogen and oxygen atoms in total. The van der Waals surface area contributed by atoms with Gasteiger partial charge in [0.1, 0.15) is 23.9 Å². The number of methoxy groups -OCH3 is 1. The fourth-order valence-electron chi connectivity index (χ4n) is 3.28. The Morgan fingerprint density at radius 1 is 1.00 bits per heavy atom. The molecule has 0 radical (unpaired) electrons. The van der Waals surface area contributed by atoms with E-state index in [1.165, 1.54) is 17.8 Å².